The Balaban J connectivity index is 1.76. The maximum absolute atomic E-state index is 13.4. The first-order chi connectivity index (χ1) is 15.2. The van der Waals surface area contributed by atoms with E-state index in [1.807, 2.05) is 50.2 Å². The third kappa shape index (κ3) is 5.97. The number of alkyl halides is 4. The fourth-order valence-electron chi connectivity index (χ4n) is 3.71. The molecule has 1 N–H and O–H groups in total. The highest BCUT2D eigenvalue weighted by Crippen LogP contribution is 2.67. The molecule has 1 saturated carbocycles. The SMILES string of the molecule is C=C(S/C=C(\C)C(C)(F)F)c1cc(NC(=C)C2C(c3cc(C)cc(Cl)c3)C2(Cl)Cl)ccc1C. The van der Waals surface area contributed by atoms with Crippen molar-refractivity contribution in [1.82, 2.24) is 0 Å². The van der Waals surface area contributed by atoms with Crippen LogP contribution in [0.2, 0.25) is 5.02 Å². The fraction of sp³-hybridized carbons (Fsp3) is 0.308. The van der Waals surface area contributed by atoms with E-state index < -0.39 is 10.3 Å². The predicted octanol–water partition coefficient (Wildman–Crippen LogP) is 9.73. The average molecular weight is 529 g/mol. The molecule has 0 spiro atoms. The minimum absolute atomic E-state index is 0.00875. The summed E-state index contributed by atoms with van der Waals surface area (Å²) in [4.78, 5) is 0.674. The summed E-state index contributed by atoms with van der Waals surface area (Å²) in [5, 5.41) is 5.40. The van der Waals surface area contributed by atoms with Gasteiger partial charge in [0.05, 0.1) is 0 Å². The minimum atomic E-state index is -2.86. The van der Waals surface area contributed by atoms with E-state index in [0.717, 1.165) is 34.9 Å². The molecule has 0 amide bonds. The third-order valence-electron chi connectivity index (χ3n) is 5.77. The molecule has 2 atom stereocenters. The van der Waals surface area contributed by atoms with Crippen LogP contribution in [0.25, 0.3) is 4.91 Å². The first-order valence-corrected chi connectivity index (χ1v) is 12.4. The lowest BCUT2D eigenvalue weighted by molar-refractivity contribution is 0.0638. The number of anilines is 1. The molecule has 1 aliphatic rings. The Hall–Kier alpha value is -1.46. The number of thioether (sulfide) groups is 1. The lowest BCUT2D eigenvalue weighted by Crippen LogP contribution is -2.10. The zero-order chi connectivity index (χ0) is 24.7. The van der Waals surface area contributed by atoms with E-state index in [0.29, 0.717) is 15.6 Å². The van der Waals surface area contributed by atoms with Crippen molar-refractivity contribution >= 4 is 57.2 Å². The lowest BCUT2D eigenvalue weighted by atomic mass is 10.0. The maximum atomic E-state index is 13.4. The monoisotopic (exact) mass is 527 g/mol. The number of halogens is 5. The zero-order valence-corrected chi connectivity index (χ0v) is 22.0. The Bertz CT molecular complexity index is 1110. The summed E-state index contributed by atoms with van der Waals surface area (Å²) in [5.41, 5.74) is 5.34. The van der Waals surface area contributed by atoms with E-state index >= 15 is 0 Å². The number of nitrogens with one attached hydrogen (secondary N) is 1. The van der Waals surface area contributed by atoms with Crippen LogP contribution in [0.1, 0.15) is 42.0 Å². The standard InChI is InChI=1S/C26H26Cl3F2NS/c1-14-9-19(11-20(27)10-14)24-23(26(24,28)29)17(4)32-21-8-7-15(2)22(12-21)18(5)33-13-16(3)25(6,30)31/h7-13,23-24,32H,4-5H2,1-3,6H3/b16-13+. The molecule has 3 rings (SSSR count). The van der Waals surface area contributed by atoms with E-state index in [-0.39, 0.29) is 17.4 Å². The highest BCUT2D eigenvalue weighted by Gasteiger charge is 2.65. The molecule has 2 aromatic carbocycles. The second-order valence-electron chi connectivity index (χ2n) is 8.60. The highest BCUT2D eigenvalue weighted by atomic mass is 35.5. The number of aryl methyl sites for hydroxylation is 2. The molecule has 176 valence electrons. The van der Waals surface area contributed by atoms with E-state index in [9.17, 15) is 8.78 Å². The lowest BCUT2D eigenvalue weighted by Gasteiger charge is -2.15. The molecule has 33 heavy (non-hydrogen) atoms. The van der Waals surface area contributed by atoms with E-state index in [1.165, 1.54) is 24.1 Å². The van der Waals surface area contributed by atoms with Gasteiger partial charge in [0.2, 0.25) is 0 Å². The van der Waals surface area contributed by atoms with E-state index in [1.54, 1.807) is 0 Å². The highest BCUT2D eigenvalue weighted by molar-refractivity contribution is 8.10. The van der Waals surface area contributed by atoms with Crippen LogP contribution in [-0.2, 0) is 0 Å². The molecule has 0 heterocycles. The van der Waals surface area contributed by atoms with Gasteiger partial charge in [-0.25, -0.2) is 8.78 Å². The van der Waals surface area contributed by atoms with Crippen LogP contribution >= 0.6 is 46.6 Å². The topological polar surface area (TPSA) is 12.0 Å². The van der Waals surface area contributed by atoms with Gasteiger partial charge < -0.3 is 5.32 Å². The Morgan fingerprint density at radius 3 is 2.42 bits per heavy atom. The van der Waals surface area contributed by atoms with Crippen molar-refractivity contribution in [2.45, 2.75) is 43.9 Å². The summed E-state index contributed by atoms with van der Waals surface area (Å²) in [6.07, 6.45) is 0. The summed E-state index contributed by atoms with van der Waals surface area (Å²) in [6, 6.07) is 11.6. The van der Waals surface area contributed by atoms with Gasteiger partial charge in [-0.2, -0.15) is 0 Å². The first-order valence-electron chi connectivity index (χ1n) is 10.3. The van der Waals surface area contributed by atoms with Gasteiger partial charge in [0.25, 0.3) is 5.92 Å². The van der Waals surface area contributed by atoms with Gasteiger partial charge in [0.1, 0.15) is 4.33 Å². The van der Waals surface area contributed by atoms with Crippen LogP contribution < -0.4 is 5.32 Å². The largest absolute Gasteiger partial charge is 0.359 e. The summed E-state index contributed by atoms with van der Waals surface area (Å²) < 4.78 is 25.9. The summed E-state index contributed by atoms with van der Waals surface area (Å²) in [6.45, 7) is 14.5. The summed E-state index contributed by atoms with van der Waals surface area (Å²) in [7, 11) is 0. The van der Waals surface area contributed by atoms with Gasteiger partial charge in [-0.15, -0.1) is 23.2 Å². The number of hydrogen-bond acceptors (Lipinski definition) is 2. The second-order valence-corrected chi connectivity index (χ2v) is 11.4. The van der Waals surface area contributed by atoms with E-state index in [2.05, 4.69) is 18.5 Å². The Kier molecular flexibility index (Phi) is 7.65. The van der Waals surface area contributed by atoms with Gasteiger partial charge in [-0.05, 0) is 72.7 Å². The molecular weight excluding hydrogens is 503 g/mol. The maximum Gasteiger partial charge on any atom is 0.267 e. The van der Waals surface area contributed by atoms with Gasteiger partial charge in [-0.1, -0.05) is 48.7 Å². The predicted molar refractivity (Wildman–Crippen MR) is 142 cm³/mol. The van der Waals surface area contributed by atoms with Crippen molar-refractivity contribution in [3.63, 3.8) is 0 Å². The molecule has 0 aromatic heterocycles. The van der Waals surface area contributed by atoms with Gasteiger partial charge in [0, 0.05) is 45.6 Å². The van der Waals surface area contributed by atoms with Gasteiger partial charge >= 0.3 is 0 Å². The summed E-state index contributed by atoms with van der Waals surface area (Å²) >= 11 is 20.7. The van der Waals surface area contributed by atoms with Crippen molar-refractivity contribution in [3.8, 4) is 0 Å². The van der Waals surface area contributed by atoms with Crippen LogP contribution in [-0.4, -0.2) is 10.3 Å². The average Bonchev–Trinajstić information content (AvgIpc) is 3.28. The second kappa shape index (κ2) is 9.65. The molecule has 0 bridgehead atoms. The van der Waals surface area contributed by atoms with Crippen molar-refractivity contribution in [3.05, 3.63) is 93.5 Å². The van der Waals surface area contributed by atoms with Crippen molar-refractivity contribution in [2.24, 2.45) is 5.92 Å². The molecule has 0 radical (unpaired) electrons. The quantitative estimate of drug-likeness (QED) is 0.342. The zero-order valence-electron chi connectivity index (χ0n) is 18.9. The smallest absolute Gasteiger partial charge is 0.267 e. The van der Waals surface area contributed by atoms with Crippen LogP contribution in [0.15, 0.2) is 66.2 Å². The molecule has 1 nitrogen and oxygen atoms in total. The van der Waals surface area contributed by atoms with Crippen LogP contribution in [0, 0.1) is 19.8 Å². The molecule has 1 aliphatic carbocycles. The van der Waals surface area contributed by atoms with Gasteiger partial charge in [-0.3, -0.25) is 0 Å². The molecule has 0 saturated heterocycles. The van der Waals surface area contributed by atoms with Crippen molar-refractivity contribution in [2.75, 3.05) is 5.32 Å². The summed E-state index contributed by atoms with van der Waals surface area (Å²) in [5.74, 6) is -3.18. The third-order valence-corrected chi connectivity index (χ3v) is 7.90. The minimum Gasteiger partial charge on any atom is -0.359 e. The number of allylic oxidation sites excluding steroid dienone is 2. The molecule has 2 aromatic rings. The molecule has 0 aliphatic heterocycles. The Labute approximate surface area is 213 Å². The number of hydrogen-bond donors (Lipinski definition) is 1. The van der Waals surface area contributed by atoms with Crippen LogP contribution in [0.5, 0.6) is 0 Å². The normalized spacial score (nSPS) is 19.8. The first kappa shape index (κ1) is 26.2. The molecular formula is C26H26Cl3F2NS. The van der Waals surface area contributed by atoms with Gasteiger partial charge in [0.15, 0.2) is 0 Å². The van der Waals surface area contributed by atoms with Crippen molar-refractivity contribution in [1.29, 1.82) is 0 Å². The van der Waals surface area contributed by atoms with Crippen LogP contribution in [0.4, 0.5) is 14.5 Å². The molecule has 7 heteroatoms. The Morgan fingerprint density at radius 2 is 1.82 bits per heavy atom. The number of rotatable bonds is 8. The van der Waals surface area contributed by atoms with Crippen molar-refractivity contribution < 1.29 is 8.78 Å². The van der Waals surface area contributed by atoms with Crippen LogP contribution in [0.3, 0.4) is 0 Å². The van der Waals surface area contributed by atoms with E-state index in [4.69, 9.17) is 34.8 Å². The fourth-order valence-corrected chi connectivity index (χ4v) is 5.77. The Morgan fingerprint density at radius 1 is 1.15 bits per heavy atom. The molecule has 2 unspecified atom stereocenters. The number of benzene rings is 2. The molecule has 1 fully saturated rings.